The van der Waals surface area contributed by atoms with Crippen LogP contribution in [-0.2, 0) is 13.1 Å². The Hall–Kier alpha value is -4.00. The molecule has 0 aliphatic carbocycles. The number of benzene rings is 2. The van der Waals surface area contributed by atoms with Crippen LogP contribution in [0.1, 0.15) is 28.6 Å². The van der Waals surface area contributed by atoms with E-state index in [0.29, 0.717) is 31.3 Å². The third-order valence-corrected chi connectivity index (χ3v) is 4.50. The molecule has 32 heavy (non-hydrogen) atoms. The molecule has 0 saturated carbocycles. The second-order valence-corrected chi connectivity index (χ2v) is 6.88. The zero-order valence-corrected chi connectivity index (χ0v) is 18.1. The Bertz CT molecular complexity index is 1030. The molecule has 3 N–H and O–H groups in total. The van der Waals surface area contributed by atoms with Crippen molar-refractivity contribution in [2.75, 3.05) is 18.5 Å². The minimum atomic E-state index is -0.281. The number of guanidine groups is 1. The van der Waals surface area contributed by atoms with Crippen LogP contribution >= 0.6 is 0 Å². The largest absolute Gasteiger partial charge is 0.489 e. The Labute approximate surface area is 188 Å². The quantitative estimate of drug-likeness (QED) is 0.252. The maximum Gasteiger partial charge on any atom is 0.291 e. The summed E-state index contributed by atoms with van der Waals surface area (Å²) in [6.45, 7) is 8.00. The Morgan fingerprint density at radius 2 is 1.91 bits per heavy atom. The van der Waals surface area contributed by atoms with E-state index in [1.54, 1.807) is 18.2 Å². The zero-order chi connectivity index (χ0) is 22.6. The molecule has 7 nitrogen and oxygen atoms in total. The summed E-state index contributed by atoms with van der Waals surface area (Å²) < 4.78 is 10.8. The number of carbonyl (C=O) groups excluding carboxylic acids is 1. The SMILES string of the molecule is C=CCOc1ccccc1CNC(=NCc1ccc(NC(=O)c2ccco2)cc1)NCC. The second-order valence-electron chi connectivity index (χ2n) is 6.88. The van der Waals surface area contributed by atoms with Gasteiger partial charge in [0.25, 0.3) is 5.91 Å². The summed E-state index contributed by atoms with van der Waals surface area (Å²) in [5, 5.41) is 9.40. The van der Waals surface area contributed by atoms with Crippen molar-refractivity contribution in [2.45, 2.75) is 20.0 Å². The molecule has 0 saturated heterocycles. The van der Waals surface area contributed by atoms with Crippen molar-refractivity contribution in [3.05, 3.63) is 96.5 Å². The second kappa shape index (κ2) is 12.0. The van der Waals surface area contributed by atoms with Crippen molar-refractivity contribution in [2.24, 2.45) is 4.99 Å². The number of hydrogen-bond donors (Lipinski definition) is 3. The molecule has 0 atom stereocenters. The van der Waals surface area contributed by atoms with E-state index in [-0.39, 0.29) is 11.7 Å². The summed E-state index contributed by atoms with van der Waals surface area (Å²) in [5.41, 5.74) is 2.75. The Balaban J connectivity index is 1.58. The van der Waals surface area contributed by atoms with Gasteiger partial charge in [-0.05, 0) is 42.8 Å². The molecule has 1 aromatic heterocycles. The number of amides is 1. The zero-order valence-electron chi connectivity index (χ0n) is 18.1. The van der Waals surface area contributed by atoms with E-state index in [2.05, 4.69) is 27.5 Å². The van der Waals surface area contributed by atoms with Crippen LogP contribution in [0.4, 0.5) is 5.69 Å². The standard InChI is InChI=1S/C25H28N4O3/c1-3-15-31-22-9-6-5-8-20(22)18-28-25(26-4-2)27-17-19-11-13-21(14-12-19)29-24(30)23-10-7-16-32-23/h3,5-14,16H,1,4,15,17-18H2,2H3,(H,29,30)(H2,26,27,28). The number of hydrogen-bond acceptors (Lipinski definition) is 4. The maximum absolute atomic E-state index is 12.1. The van der Waals surface area contributed by atoms with Gasteiger partial charge in [0.05, 0.1) is 12.8 Å². The summed E-state index contributed by atoms with van der Waals surface area (Å²) in [6.07, 6.45) is 3.20. The van der Waals surface area contributed by atoms with E-state index in [4.69, 9.17) is 9.15 Å². The minimum Gasteiger partial charge on any atom is -0.489 e. The van der Waals surface area contributed by atoms with Crippen molar-refractivity contribution in [1.29, 1.82) is 0 Å². The monoisotopic (exact) mass is 432 g/mol. The van der Waals surface area contributed by atoms with Gasteiger partial charge in [0, 0.05) is 24.3 Å². The number of nitrogens with one attached hydrogen (secondary N) is 3. The van der Waals surface area contributed by atoms with Crippen molar-refractivity contribution in [3.8, 4) is 5.75 Å². The lowest BCUT2D eigenvalue weighted by molar-refractivity contribution is 0.0996. The maximum atomic E-state index is 12.1. The Morgan fingerprint density at radius 3 is 2.62 bits per heavy atom. The predicted octanol–water partition coefficient (Wildman–Crippen LogP) is 4.35. The van der Waals surface area contributed by atoms with E-state index in [9.17, 15) is 4.79 Å². The van der Waals surface area contributed by atoms with Gasteiger partial charge in [0.1, 0.15) is 12.4 Å². The highest BCUT2D eigenvalue weighted by atomic mass is 16.5. The first kappa shape index (κ1) is 22.7. The van der Waals surface area contributed by atoms with Gasteiger partial charge in [-0.3, -0.25) is 4.79 Å². The van der Waals surface area contributed by atoms with Gasteiger partial charge >= 0.3 is 0 Å². The summed E-state index contributed by atoms with van der Waals surface area (Å²) in [7, 11) is 0. The molecule has 0 radical (unpaired) electrons. The smallest absolute Gasteiger partial charge is 0.291 e. The summed E-state index contributed by atoms with van der Waals surface area (Å²) in [6, 6.07) is 18.7. The normalized spacial score (nSPS) is 11.0. The molecule has 166 valence electrons. The number of para-hydroxylation sites is 1. The highest BCUT2D eigenvalue weighted by molar-refractivity contribution is 6.02. The van der Waals surface area contributed by atoms with Crippen LogP contribution in [-0.4, -0.2) is 25.0 Å². The number of aliphatic imine (C=N–C) groups is 1. The lowest BCUT2D eigenvalue weighted by atomic mass is 10.2. The van der Waals surface area contributed by atoms with Crippen LogP contribution in [0.25, 0.3) is 0 Å². The Morgan fingerprint density at radius 1 is 1.09 bits per heavy atom. The highest BCUT2D eigenvalue weighted by Crippen LogP contribution is 2.17. The fourth-order valence-electron chi connectivity index (χ4n) is 2.92. The predicted molar refractivity (Wildman–Crippen MR) is 127 cm³/mol. The number of furan rings is 1. The number of carbonyl (C=O) groups is 1. The van der Waals surface area contributed by atoms with E-state index in [1.165, 1.54) is 6.26 Å². The first-order valence-electron chi connectivity index (χ1n) is 10.5. The van der Waals surface area contributed by atoms with E-state index >= 15 is 0 Å². The van der Waals surface area contributed by atoms with E-state index < -0.39 is 0 Å². The molecule has 0 fully saturated rings. The average Bonchev–Trinajstić information content (AvgIpc) is 3.36. The van der Waals surface area contributed by atoms with Crippen LogP contribution in [0.3, 0.4) is 0 Å². The summed E-state index contributed by atoms with van der Waals surface area (Å²) in [4.78, 5) is 16.7. The summed E-state index contributed by atoms with van der Waals surface area (Å²) >= 11 is 0. The van der Waals surface area contributed by atoms with Gasteiger partial charge in [-0.2, -0.15) is 0 Å². The van der Waals surface area contributed by atoms with Crippen LogP contribution in [0.15, 0.2) is 89.0 Å². The third-order valence-electron chi connectivity index (χ3n) is 4.50. The summed E-state index contributed by atoms with van der Waals surface area (Å²) in [5.74, 6) is 1.53. The molecular weight excluding hydrogens is 404 g/mol. The molecular formula is C25H28N4O3. The first-order valence-corrected chi connectivity index (χ1v) is 10.5. The fraction of sp³-hybridized carbons (Fsp3) is 0.200. The molecule has 0 unspecified atom stereocenters. The van der Waals surface area contributed by atoms with Gasteiger partial charge in [-0.25, -0.2) is 4.99 Å². The van der Waals surface area contributed by atoms with Crippen molar-refractivity contribution < 1.29 is 13.9 Å². The fourth-order valence-corrected chi connectivity index (χ4v) is 2.92. The molecule has 3 aromatic rings. The molecule has 7 heteroatoms. The van der Waals surface area contributed by atoms with Crippen molar-refractivity contribution in [1.82, 2.24) is 10.6 Å². The molecule has 1 heterocycles. The third kappa shape index (κ3) is 6.77. The molecule has 3 rings (SSSR count). The molecule has 0 aliphatic heterocycles. The molecule has 0 bridgehead atoms. The molecule has 0 spiro atoms. The van der Waals surface area contributed by atoms with Gasteiger partial charge < -0.3 is 25.1 Å². The van der Waals surface area contributed by atoms with Gasteiger partial charge in [0.2, 0.25) is 0 Å². The minimum absolute atomic E-state index is 0.275. The number of ether oxygens (including phenoxy) is 1. The average molecular weight is 433 g/mol. The van der Waals surface area contributed by atoms with Crippen LogP contribution in [0, 0.1) is 0 Å². The van der Waals surface area contributed by atoms with Crippen molar-refractivity contribution >= 4 is 17.6 Å². The topological polar surface area (TPSA) is 87.9 Å². The van der Waals surface area contributed by atoms with Crippen LogP contribution in [0.2, 0.25) is 0 Å². The molecule has 2 aromatic carbocycles. The van der Waals surface area contributed by atoms with E-state index in [1.807, 2.05) is 55.5 Å². The lowest BCUT2D eigenvalue weighted by Crippen LogP contribution is -2.36. The van der Waals surface area contributed by atoms with E-state index in [0.717, 1.165) is 23.4 Å². The lowest BCUT2D eigenvalue weighted by Gasteiger charge is -2.14. The molecule has 1 amide bonds. The Kier molecular flexibility index (Phi) is 8.50. The van der Waals surface area contributed by atoms with Gasteiger partial charge in [0.15, 0.2) is 11.7 Å². The van der Waals surface area contributed by atoms with Crippen molar-refractivity contribution in [3.63, 3.8) is 0 Å². The van der Waals surface area contributed by atoms with Crippen LogP contribution < -0.4 is 20.7 Å². The van der Waals surface area contributed by atoms with Gasteiger partial charge in [-0.15, -0.1) is 0 Å². The number of anilines is 1. The molecule has 0 aliphatic rings. The highest BCUT2D eigenvalue weighted by Gasteiger charge is 2.08. The first-order chi connectivity index (χ1) is 15.7. The van der Waals surface area contributed by atoms with Crippen LogP contribution in [0.5, 0.6) is 5.75 Å². The number of nitrogens with zero attached hydrogens (tertiary/aromatic N) is 1. The number of rotatable bonds is 10. The van der Waals surface area contributed by atoms with Gasteiger partial charge in [-0.1, -0.05) is 43.0 Å².